The number of hydrogen-bond acceptors (Lipinski definition) is 4. The zero-order chi connectivity index (χ0) is 14.2. The highest BCUT2D eigenvalue weighted by Crippen LogP contribution is 2.33. The van der Waals surface area contributed by atoms with Gasteiger partial charge in [0.2, 0.25) is 0 Å². The highest BCUT2D eigenvalue weighted by Gasteiger charge is 2.31. The van der Waals surface area contributed by atoms with Gasteiger partial charge in [0, 0.05) is 50.1 Å². The predicted molar refractivity (Wildman–Crippen MR) is 83.5 cm³/mol. The molecule has 21 heavy (non-hydrogen) atoms. The van der Waals surface area contributed by atoms with Crippen molar-refractivity contribution in [2.45, 2.75) is 38.8 Å². The Hall–Kier alpha value is -1.13. The number of anilines is 1. The van der Waals surface area contributed by atoms with Crippen LogP contribution in [0, 0.1) is 12.8 Å². The van der Waals surface area contributed by atoms with Crippen LogP contribution < -0.4 is 4.90 Å². The minimum atomic E-state index is 0.597. The normalized spacial score (nSPS) is 26.7. The molecule has 1 aromatic rings. The monoisotopic (exact) mass is 287 g/mol. The fourth-order valence-electron chi connectivity index (χ4n) is 3.53. The molecule has 1 saturated carbocycles. The van der Waals surface area contributed by atoms with Crippen molar-refractivity contribution in [1.29, 1.82) is 0 Å². The van der Waals surface area contributed by atoms with Crippen molar-refractivity contribution >= 4 is 5.82 Å². The first-order chi connectivity index (χ1) is 10.3. The van der Waals surface area contributed by atoms with Gasteiger partial charge in [-0.1, -0.05) is 6.07 Å². The molecule has 2 aliphatic heterocycles. The molecule has 1 saturated heterocycles. The Morgan fingerprint density at radius 3 is 2.90 bits per heavy atom. The van der Waals surface area contributed by atoms with Gasteiger partial charge in [0.15, 0.2) is 0 Å². The van der Waals surface area contributed by atoms with Crippen LogP contribution >= 0.6 is 0 Å². The standard InChI is InChI=1S/C17H25N3O/c1-13-2-5-15-11-19(16-6-9-21-12-16)7-8-20(17(15)18-13)10-14-3-4-14/h2,5,14,16H,3-4,6-12H2,1H3/t16-/m0/s1. The van der Waals surface area contributed by atoms with E-state index in [4.69, 9.17) is 9.72 Å². The molecule has 0 N–H and O–H groups in total. The summed E-state index contributed by atoms with van der Waals surface area (Å²) in [6, 6.07) is 5.04. The molecule has 0 bridgehead atoms. The molecule has 0 unspecified atom stereocenters. The molecule has 3 aliphatic rings. The van der Waals surface area contributed by atoms with Crippen molar-refractivity contribution < 1.29 is 4.74 Å². The first kappa shape index (κ1) is 13.5. The Labute approximate surface area is 127 Å². The molecule has 0 aromatic carbocycles. The first-order valence-corrected chi connectivity index (χ1v) is 8.33. The topological polar surface area (TPSA) is 28.6 Å². The van der Waals surface area contributed by atoms with Gasteiger partial charge < -0.3 is 9.64 Å². The maximum absolute atomic E-state index is 5.59. The van der Waals surface area contributed by atoms with Crippen molar-refractivity contribution in [3.8, 4) is 0 Å². The summed E-state index contributed by atoms with van der Waals surface area (Å²) < 4.78 is 5.59. The third kappa shape index (κ3) is 2.92. The third-order valence-corrected chi connectivity index (χ3v) is 5.02. The van der Waals surface area contributed by atoms with Crippen LogP contribution in [0.2, 0.25) is 0 Å². The zero-order valence-electron chi connectivity index (χ0n) is 12.9. The van der Waals surface area contributed by atoms with Gasteiger partial charge in [-0.2, -0.15) is 0 Å². The van der Waals surface area contributed by atoms with Gasteiger partial charge in [0.05, 0.1) is 6.61 Å². The number of hydrogen-bond donors (Lipinski definition) is 0. The average molecular weight is 287 g/mol. The molecule has 4 nitrogen and oxygen atoms in total. The number of ether oxygens (including phenoxy) is 1. The van der Waals surface area contributed by atoms with Crippen LogP contribution in [-0.2, 0) is 11.3 Å². The fourth-order valence-corrected chi connectivity index (χ4v) is 3.53. The molecule has 1 atom stereocenters. The van der Waals surface area contributed by atoms with E-state index in [0.717, 1.165) is 44.5 Å². The van der Waals surface area contributed by atoms with E-state index in [2.05, 4.69) is 28.9 Å². The second-order valence-corrected chi connectivity index (χ2v) is 6.81. The summed E-state index contributed by atoms with van der Waals surface area (Å²) in [4.78, 5) is 10.0. The van der Waals surface area contributed by atoms with E-state index in [-0.39, 0.29) is 0 Å². The van der Waals surface area contributed by atoms with Gasteiger partial charge in [-0.3, -0.25) is 4.90 Å². The highest BCUT2D eigenvalue weighted by atomic mass is 16.5. The number of nitrogens with zero attached hydrogens (tertiary/aromatic N) is 3. The van der Waals surface area contributed by atoms with Gasteiger partial charge in [-0.05, 0) is 38.2 Å². The molecule has 4 rings (SSSR count). The van der Waals surface area contributed by atoms with E-state index in [9.17, 15) is 0 Å². The van der Waals surface area contributed by atoms with Crippen molar-refractivity contribution in [3.63, 3.8) is 0 Å². The van der Waals surface area contributed by atoms with Crippen molar-refractivity contribution in [2.24, 2.45) is 5.92 Å². The van der Waals surface area contributed by atoms with Crippen molar-refractivity contribution in [2.75, 3.05) is 37.7 Å². The molecule has 3 heterocycles. The summed E-state index contributed by atoms with van der Waals surface area (Å²) in [6.45, 7) is 8.38. The summed E-state index contributed by atoms with van der Waals surface area (Å²) in [5, 5.41) is 0. The molecule has 0 radical (unpaired) electrons. The largest absolute Gasteiger partial charge is 0.380 e. The van der Waals surface area contributed by atoms with Gasteiger partial charge in [0.1, 0.15) is 5.82 Å². The molecule has 4 heteroatoms. The van der Waals surface area contributed by atoms with E-state index in [0.29, 0.717) is 6.04 Å². The first-order valence-electron chi connectivity index (χ1n) is 8.33. The molecule has 1 aliphatic carbocycles. The maximum Gasteiger partial charge on any atom is 0.133 e. The Kier molecular flexibility index (Phi) is 3.59. The molecule has 114 valence electrons. The van der Waals surface area contributed by atoms with Crippen LogP contribution in [0.1, 0.15) is 30.5 Å². The van der Waals surface area contributed by atoms with Crippen LogP contribution in [0.3, 0.4) is 0 Å². The molecule has 2 fully saturated rings. The SMILES string of the molecule is Cc1ccc2c(n1)N(CC1CC1)CCN([C@H]1CCOC1)C2. The number of pyridine rings is 1. The van der Waals surface area contributed by atoms with Gasteiger partial charge in [-0.25, -0.2) is 4.98 Å². The Morgan fingerprint density at radius 2 is 2.14 bits per heavy atom. The average Bonchev–Trinajstić information content (AvgIpc) is 3.18. The second kappa shape index (κ2) is 5.58. The van der Waals surface area contributed by atoms with Crippen LogP contribution in [-0.4, -0.2) is 48.8 Å². The predicted octanol–water partition coefficient (Wildman–Crippen LogP) is 2.21. The molecule has 1 aromatic heterocycles. The van der Waals surface area contributed by atoms with E-state index in [1.807, 2.05) is 0 Å². The minimum Gasteiger partial charge on any atom is -0.380 e. The summed E-state index contributed by atoms with van der Waals surface area (Å²) in [5.74, 6) is 2.14. The Balaban J connectivity index is 1.60. The van der Waals surface area contributed by atoms with E-state index >= 15 is 0 Å². The summed E-state index contributed by atoms with van der Waals surface area (Å²) in [6.07, 6.45) is 3.98. The quantitative estimate of drug-likeness (QED) is 0.852. The molecule has 0 spiro atoms. The van der Waals surface area contributed by atoms with Crippen LogP contribution in [0.5, 0.6) is 0 Å². The number of aromatic nitrogens is 1. The van der Waals surface area contributed by atoms with Gasteiger partial charge >= 0.3 is 0 Å². The van der Waals surface area contributed by atoms with Crippen LogP contribution in [0.25, 0.3) is 0 Å². The summed E-state index contributed by atoms with van der Waals surface area (Å²) in [5.41, 5.74) is 2.53. The van der Waals surface area contributed by atoms with Gasteiger partial charge in [0.25, 0.3) is 0 Å². The number of fused-ring (bicyclic) bond motifs is 1. The lowest BCUT2D eigenvalue weighted by Gasteiger charge is -2.26. The lowest BCUT2D eigenvalue weighted by molar-refractivity contribution is 0.142. The van der Waals surface area contributed by atoms with E-state index < -0.39 is 0 Å². The van der Waals surface area contributed by atoms with Crippen LogP contribution in [0.15, 0.2) is 12.1 Å². The minimum absolute atomic E-state index is 0.597. The summed E-state index contributed by atoms with van der Waals surface area (Å²) in [7, 11) is 0. The molecular formula is C17H25N3O. The van der Waals surface area contributed by atoms with E-state index in [1.165, 1.54) is 37.2 Å². The smallest absolute Gasteiger partial charge is 0.133 e. The summed E-state index contributed by atoms with van der Waals surface area (Å²) >= 11 is 0. The molecular weight excluding hydrogens is 262 g/mol. The van der Waals surface area contributed by atoms with Crippen molar-refractivity contribution in [1.82, 2.24) is 9.88 Å². The highest BCUT2D eigenvalue weighted by molar-refractivity contribution is 5.49. The van der Waals surface area contributed by atoms with E-state index in [1.54, 1.807) is 0 Å². The maximum atomic E-state index is 5.59. The second-order valence-electron chi connectivity index (χ2n) is 6.81. The number of aryl methyl sites for hydroxylation is 1. The van der Waals surface area contributed by atoms with Crippen LogP contribution in [0.4, 0.5) is 5.82 Å². The lowest BCUT2D eigenvalue weighted by atomic mass is 10.1. The van der Waals surface area contributed by atoms with Crippen molar-refractivity contribution in [3.05, 3.63) is 23.4 Å². The Bertz CT molecular complexity index is 509. The lowest BCUT2D eigenvalue weighted by Crippen LogP contribution is -2.39. The van der Waals surface area contributed by atoms with Gasteiger partial charge in [-0.15, -0.1) is 0 Å². The molecule has 0 amide bonds. The fraction of sp³-hybridized carbons (Fsp3) is 0.706. The third-order valence-electron chi connectivity index (χ3n) is 5.02. The number of rotatable bonds is 3. The zero-order valence-corrected chi connectivity index (χ0v) is 12.9. The Morgan fingerprint density at radius 1 is 1.24 bits per heavy atom.